The van der Waals surface area contributed by atoms with Gasteiger partial charge in [-0.2, -0.15) is 0 Å². The Balaban J connectivity index is 0. The van der Waals surface area contributed by atoms with Crippen LogP contribution in [0.3, 0.4) is 0 Å². The Bertz CT molecular complexity index is 152. The van der Waals surface area contributed by atoms with E-state index >= 15 is 0 Å². The van der Waals surface area contributed by atoms with Crippen LogP contribution in [0.2, 0.25) is 0 Å². The van der Waals surface area contributed by atoms with Gasteiger partial charge in [0.2, 0.25) is 0 Å². The van der Waals surface area contributed by atoms with Crippen molar-refractivity contribution in [3.63, 3.8) is 0 Å². The molecule has 0 heterocycles. The van der Waals surface area contributed by atoms with Crippen LogP contribution >= 0.6 is 24.6 Å². The number of hydrogen-bond acceptors (Lipinski definition) is 3. The summed E-state index contributed by atoms with van der Waals surface area (Å²) >= 11 is 0. The second-order valence-electron chi connectivity index (χ2n) is 2.44. The van der Waals surface area contributed by atoms with Crippen molar-refractivity contribution in [3.05, 3.63) is 0 Å². The third-order valence-corrected chi connectivity index (χ3v) is 2.51. The van der Waals surface area contributed by atoms with Crippen LogP contribution in [0, 0.1) is 0 Å². The molecule has 0 amide bonds. The van der Waals surface area contributed by atoms with Gasteiger partial charge in [0.25, 0.3) is 0 Å². The molecule has 0 bridgehead atoms. The third kappa shape index (κ3) is 7.21. The first-order valence-corrected chi connectivity index (χ1v) is 5.17. The molecule has 5 nitrogen and oxygen atoms in total. The van der Waals surface area contributed by atoms with Crippen LogP contribution in [0.1, 0.15) is 19.3 Å². The molecule has 0 aliphatic rings. The van der Waals surface area contributed by atoms with Crippen molar-refractivity contribution < 1.29 is 14.4 Å². The molecule has 0 unspecified atom stereocenters. The van der Waals surface area contributed by atoms with Crippen LogP contribution in [-0.2, 0) is 4.57 Å². The first-order chi connectivity index (χ1) is 4.98. The van der Waals surface area contributed by atoms with E-state index in [1.165, 1.54) is 0 Å². The first-order valence-electron chi connectivity index (χ1n) is 3.49. The fraction of sp³-hybridized carbons (Fsp3) is 1.00. The summed E-state index contributed by atoms with van der Waals surface area (Å²) in [7, 11) is -4.06. The van der Waals surface area contributed by atoms with Gasteiger partial charge in [0.1, 0.15) is 5.78 Å². The minimum atomic E-state index is -4.06. The Hall–Kier alpha value is 0.550. The molecule has 7 heteroatoms. The zero-order chi connectivity index (χ0) is 8.91. The second kappa shape index (κ2) is 7.00. The molecular weight excluding hydrogens is 247 g/mol. The Labute approximate surface area is 82.4 Å². The highest BCUT2D eigenvalue weighted by atomic mass is 79.9. The molecule has 0 rings (SSSR count). The molecule has 0 aliphatic heterocycles. The van der Waals surface area contributed by atoms with Gasteiger partial charge < -0.3 is 21.3 Å². The first kappa shape index (κ1) is 15.0. The summed E-state index contributed by atoms with van der Waals surface area (Å²) in [6.45, 7) is 0.536. The van der Waals surface area contributed by atoms with E-state index in [-0.39, 0.29) is 17.0 Å². The summed E-state index contributed by atoms with van der Waals surface area (Å²) in [4.78, 5) is 17.1. The molecule has 0 fully saturated rings. The van der Waals surface area contributed by atoms with Crippen LogP contribution in [0.15, 0.2) is 0 Å². The summed E-state index contributed by atoms with van der Waals surface area (Å²) in [5, 5.41) is 0. The van der Waals surface area contributed by atoms with Crippen molar-refractivity contribution in [1.82, 2.24) is 0 Å². The predicted octanol–water partition coefficient (Wildman–Crippen LogP) is 0.156. The van der Waals surface area contributed by atoms with E-state index in [2.05, 4.69) is 0 Å². The molecule has 12 heavy (non-hydrogen) atoms. The van der Waals surface area contributed by atoms with E-state index in [9.17, 15) is 4.57 Å². The quantitative estimate of drug-likeness (QED) is 0.417. The van der Waals surface area contributed by atoms with Crippen molar-refractivity contribution in [3.8, 4) is 0 Å². The zero-order valence-corrected chi connectivity index (χ0v) is 9.33. The minimum Gasteiger partial charge on any atom is -0.330 e. The fourth-order valence-corrected chi connectivity index (χ4v) is 1.18. The minimum absolute atomic E-state index is 0. The lowest BCUT2D eigenvalue weighted by atomic mass is 10.2. The van der Waals surface area contributed by atoms with Gasteiger partial charge in [0.15, 0.2) is 0 Å². The smallest absolute Gasteiger partial charge is 0.330 e. The van der Waals surface area contributed by atoms with Crippen molar-refractivity contribution in [2.45, 2.75) is 25.0 Å². The van der Waals surface area contributed by atoms with E-state index in [0.717, 1.165) is 6.42 Å². The molecule has 0 aromatic carbocycles. The maximum atomic E-state index is 10.5. The molecular formula is C5H16BrN2O3P. The van der Waals surface area contributed by atoms with Crippen LogP contribution < -0.4 is 11.5 Å². The molecule has 76 valence electrons. The third-order valence-electron chi connectivity index (χ3n) is 1.39. The number of hydrogen-bond donors (Lipinski definition) is 4. The Morgan fingerprint density at radius 3 is 2.17 bits per heavy atom. The Morgan fingerprint density at radius 2 is 1.83 bits per heavy atom. The molecule has 0 aliphatic carbocycles. The summed E-state index contributed by atoms with van der Waals surface area (Å²) in [6.07, 6.45) is 1.76. The molecule has 0 radical (unpaired) electrons. The maximum absolute atomic E-state index is 10.5. The number of halogens is 1. The number of unbranched alkanes of at least 4 members (excludes halogenated alkanes) is 1. The molecule has 1 atom stereocenters. The van der Waals surface area contributed by atoms with Crippen LogP contribution in [0.25, 0.3) is 0 Å². The van der Waals surface area contributed by atoms with Crippen LogP contribution in [0.5, 0.6) is 0 Å². The van der Waals surface area contributed by atoms with E-state index in [1.54, 1.807) is 0 Å². The van der Waals surface area contributed by atoms with Gasteiger partial charge in [-0.3, -0.25) is 4.57 Å². The normalized spacial score (nSPS) is 13.7. The number of nitrogens with two attached hydrogens (primary N) is 2. The topological polar surface area (TPSA) is 110 Å². The standard InChI is InChI=1S/C5H15N2O3P.BrH/c6-4-2-1-3-5(7)11(8,9)10;/h5H,1-4,6-7H2,(H2,8,9,10);1H/t5-;/m1./s1. The lowest BCUT2D eigenvalue weighted by Crippen LogP contribution is -2.20. The van der Waals surface area contributed by atoms with E-state index < -0.39 is 13.4 Å². The van der Waals surface area contributed by atoms with Crippen LogP contribution in [-0.4, -0.2) is 22.1 Å². The summed E-state index contributed by atoms with van der Waals surface area (Å²) < 4.78 is 10.5. The predicted molar refractivity (Wildman–Crippen MR) is 53.2 cm³/mol. The molecule has 0 saturated heterocycles. The fourth-order valence-electron chi connectivity index (χ4n) is 0.666. The highest BCUT2D eigenvalue weighted by Gasteiger charge is 2.23. The summed E-state index contributed by atoms with van der Waals surface area (Å²) in [6, 6.07) is 0. The molecule has 0 spiro atoms. The average molecular weight is 263 g/mol. The van der Waals surface area contributed by atoms with Crippen molar-refractivity contribution in [2.75, 3.05) is 6.54 Å². The zero-order valence-electron chi connectivity index (χ0n) is 6.72. The highest BCUT2D eigenvalue weighted by Crippen LogP contribution is 2.40. The monoisotopic (exact) mass is 262 g/mol. The van der Waals surface area contributed by atoms with Gasteiger partial charge in [-0.25, -0.2) is 0 Å². The maximum Gasteiger partial charge on any atom is 0.342 e. The average Bonchev–Trinajstić information content (AvgIpc) is 1.86. The van der Waals surface area contributed by atoms with Gasteiger partial charge in [-0.05, 0) is 25.8 Å². The molecule has 6 N–H and O–H groups in total. The van der Waals surface area contributed by atoms with Gasteiger partial charge in [-0.1, -0.05) is 0 Å². The Morgan fingerprint density at radius 1 is 1.33 bits per heavy atom. The summed E-state index contributed by atoms with van der Waals surface area (Å²) in [5.74, 6) is -1.02. The van der Waals surface area contributed by atoms with E-state index in [4.69, 9.17) is 21.3 Å². The highest BCUT2D eigenvalue weighted by molar-refractivity contribution is 8.93. The lowest BCUT2D eigenvalue weighted by molar-refractivity contribution is 0.353. The van der Waals surface area contributed by atoms with Crippen LogP contribution in [0.4, 0.5) is 0 Å². The van der Waals surface area contributed by atoms with Crippen molar-refractivity contribution in [2.24, 2.45) is 11.5 Å². The molecule has 0 aromatic rings. The van der Waals surface area contributed by atoms with Gasteiger partial charge in [0, 0.05) is 0 Å². The molecule has 0 saturated carbocycles. The van der Waals surface area contributed by atoms with E-state index in [1.807, 2.05) is 0 Å². The van der Waals surface area contributed by atoms with E-state index in [0.29, 0.717) is 19.4 Å². The van der Waals surface area contributed by atoms with Gasteiger partial charge in [0.05, 0.1) is 0 Å². The lowest BCUT2D eigenvalue weighted by Gasteiger charge is -2.12. The summed E-state index contributed by atoms with van der Waals surface area (Å²) in [5.41, 5.74) is 10.4. The van der Waals surface area contributed by atoms with Gasteiger partial charge >= 0.3 is 7.60 Å². The molecule has 0 aromatic heterocycles. The largest absolute Gasteiger partial charge is 0.342 e. The van der Waals surface area contributed by atoms with Crippen molar-refractivity contribution in [1.29, 1.82) is 0 Å². The number of rotatable bonds is 5. The second-order valence-corrected chi connectivity index (χ2v) is 4.28. The van der Waals surface area contributed by atoms with Gasteiger partial charge in [-0.15, -0.1) is 17.0 Å². The van der Waals surface area contributed by atoms with Crippen molar-refractivity contribution >= 4 is 24.6 Å². The Kier molecular flexibility index (Phi) is 8.78. The SMILES string of the molecule is Br.NCCCC[C@H](N)P(=O)(O)O.